The quantitative estimate of drug-likeness (QED) is 0.750. The fraction of sp³-hybridized carbons (Fsp3) is 0.300. The largest absolute Gasteiger partial charge is 0.484 e. The molecule has 2 nitrogen and oxygen atoms in total. The fourth-order valence-corrected chi connectivity index (χ4v) is 0.927. The van der Waals surface area contributed by atoms with Gasteiger partial charge in [0.05, 0.1) is 0 Å². The molecule has 0 heterocycles. The number of hydrogen-bond donors (Lipinski definition) is 1. The first kappa shape index (κ1) is 9.99. The highest BCUT2D eigenvalue weighted by atomic mass is 32.1. The van der Waals surface area contributed by atoms with Gasteiger partial charge in [-0.25, -0.2) is 0 Å². The topological polar surface area (TPSA) is 35.2 Å². The maximum Gasteiger partial charge on any atom is 0.145 e. The second-order valence-electron chi connectivity index (χ2n) is 2.98. The molecule has 1 atom stereocenters. The Balaban J connectivity index is 2.64. The zero-order chi connectivity index (χ0) is 9.84. The number of nitrogens with two attached hydrogens (primary N) is 1. The number of rotatable bonds is 3. The lowest BCUT2D eigenvalue weighted by atomic mass is 10.2. The van der Waals surface area contributed by atoms with Gasteiger partial charge in [-0.3, -0.25) is 0 Å². The Bertz CT molecular complexity index is 294. The van der Waals surface area contributed by atoms with Gasteiger partial charge in [-0.2, -0.15) is 0 Å². The van der Waals surface area contributed by atoms with Gasteiger partial charge in [0.25, 0.3) is 0 Å². The minimum atomic E-state index is -0.210. The van der Waals surface area contributed by atoms with Crippen molar-refractivity contribution < 1.29 is 4.74 Å². The third-order valence-electron chi connectivity index (χ3n) is 1.73. The van der Waals surface area contributed by atoms with E-state index in [-0.39, 0.29) is 6.10 Å². The maximum absolute atomic E-state index is 5.46. The van der Waals surface area contributed by atoms with E-state index in [0.29, 0.717) is 4.99 Å². The van der Waals surface area contributed by atoms with Crippen LogP contribution in [0.4, 0.5) is 0 Å². The van der Waals surface area contributed by atoms with Crippen LogP contribution in [-0.4, -0.2) is 11.1 Å². The van der Waals surface area contributed by atoms with Gasteiger partial charge < -0.3 is 10.5 Å². The molecular formula is C10H13NOS. The second-order valence-corrected chi connectivity index (χ2v) is 3.45. The van der Waals surface area contributed by atoms with Crippen molar-refractivity contribution in [1.29, 1.82) is 0 Å². The molecule has 0 saturated carbocycles. The lowest BCUT2D eigenvalue weighted by Crippen LogP contribution is -2.28. The standard InChI is InChI=1S/C10H13NOS/c1-7-3-5-9(6-4-7)12-8(2)10(11)13/h3-6,8H,1-2H3,(H2,11,13). The van der Waals surface area contributed by atoms with Gasteiger partial charge in [0.15, 0.2) is 0 Å². The van der Waals surface area contributed by atoms with Gasteiger partial charge in [-0.15, -0.1) is 0 Å². The average Bonchev–Trinajstić information content (AvgIpc) is 2.08. The van der Waals surface area contributed by atoms with Crippen molar-refractivity contribution in [1.82, 2.24) is 0 Å². The third kappa shape index (κ3) is 3.03. The van der Waals surface area contributed by atoms with E-state index in [1.165, 1.54) is 5.56 Å². The van der Waals surface area contributed by atoms with E-state index in [1.54, 1.807) is 0 Å². The molecule has 0 aliphatic heterocycles. The molecule has 0 fully saturated rings. The van der Waals surface area contributed by atoms with Gasteiger partial charge in [0.1, 0.15) is 16.8 Å². The van der Waals surface area contributed by atoms with Gasteiger partial charge in [0, 0.05) is 0 Å². The molecule has 0 aliphatic rings. The first-order valence-electron chi connectivity index (χ1n) is 4.12. The van der Waals surface area contributed by atoms with Crippen LogP contribution < -0.4 is 10.5 Å². The lowest BCUT2D eigenvalue weighted by Gasteiger charge is -2.12. The molecule has 70 valence electrons. The monoisotopic (exact) mass is 195 g/mol. The molecule has 3 heteroatoms. The van der Waals surface area contributed by atoms with E-state index in [1.807, 2.05) is 38.1 Å². The van der Waals surface area contributed by atoms with E-state index < -0.39 is 0 Å². The Hall–Kier alpha value is -1.09. The molecule has 0 aromatic heterocycles. The predicted molar refractivity (Wildman–Crippen MR) is 58.1 cm³/mol. The smallest absolute Gasteiger partial charge is 0.145 e. The Morgan fingerprint density at radius 3 is 2.38 bits per heavy atom. The highest BCUT2D eigenvalue weighted by Crippen LogP contribution is 2.13. The summed E-state index contributed by atoms with van der Waals surface area (Å²) in [6, 6.07) is 7.79. The van der Waals surface area contributed by atoms with Crippen LogP contribution in [0.1, 0.15) is 12.5 Å². The van der Waals surface area contributed by atoms with E-state index in [2.05, 4.69) is 0 Å². The highest BCUT2D eigenvalue weighted by molar-refractivity contribution is 7.80. The lowest BCUT2D eigenvalue weighted by molar-refractivity contribution is 0.288. The first-order chi connectivity index (χ1) is 6.09. The number of benzene rings is 1. The van der Waals surface area contributed by atoms with Crippen LogP contribution in [0.5, 0.6) is 5.75 Å². The first-order valence-corrected chi connectivity index (χ1v) is 4.53. The summed E-state index contributed by atoms with van der Waals surface area (Å²) in [5, 5.41) is 0. The summed E-state index contributed by atoms with van der Waals surface area (Å²) in [5.41, 5.74) is 6.62. The minimum Gasteiger partial charge on any atom is -0.484 e. The molecule has 0 amide bonds. The van der Waals surface area contributed by atoms with Crippen LogP contribution in [0.25, 0.3) is 0 Å². The van der Waals surface area contributed by atoms with Crippen molar-refractivity contribution in [2.24, 2.45) is 5.73 Å². The summed E-state index contributed by atoms with van der Waals surface area (Å²) in [7, 11) is 0. The molecule has 0 radical (unpaired) electrons. The summed E-state index contributed by atoms with van der Waals surface area (Å²) in [6.45, 7) is 3.86. The molecule has 1 aromatic carbocycles. The van der Waals surface area contributed by atoms with Crippen molar-refractivity contribution in [3.05, 3.63) is 29.8 Å². The van der Waals surface area contributed by atoms with Crippen molar-refractivity contribution in [2.45, 2.75) is 20.0 Å². The molecule has 0 aliphatic carbocycles. The van der Waals surface area contributed by atoms with Gasteiger partial charge in [-0.1, -0.05) is 29.9 Å². The average molecular weight is 195 g/mol. The number of aryl methyl sites for hydroxylation is 1. The van der Waals surface area contributed by atoms with Crippen molar-refractivity contribution in [2.75, 3.05) is 0 Å². The van der Waals surface area contributed by atoms with Crippen molar-refractivity contribution >= 4 is 17.2 Å². The summed E-state index contributed by atoms with van der Waals surface area (Å²) in [4.78, 5) is 0.376. The molecule has 0 bridgehead atoms. The van der Waals surface area contributed by atoms with Crippen LogP contribution in [0.15, 0.2) is 24.3 Å². The summed E-state index contributed by atoms with van der Waals surface area (Å²) in [5.74, 6) is 0.797. The SMILES string of the molecule is Cc1ccc(OC(C)C(N)=S)cc1. The molecule has 0 saturated heterocycles. The van der Waals surface area contributed by atoms with E-state index in [0.717, 1.165) is 5.75 Å². The third-order valence-corrected chi connectivity index (χ3v) is 2.07. The fourth-order valence-electron chi connectivity index (χ4n) is 0.879. The van der Waals surface area contributed by atoms with Gasteiger partial charge >= 0.3 is 0 Å². The number of hydrogen-bond acceptors (Lipinski definition) is 2. The highest BCUT2D eigenvalue weighted by Gasteiger charge is 2.05. The Kier molecular flexibility index (Phi) is 3.25. The molecule has 1 aromatic rings. The zero-order valence-corrected chi connectivity index (χ0v) is 8.60. The Labute approximate surface area is 83.7 Å². The van der Waals surface area contributed by atoms with Crippen LogP contribution in [-0.2, 0) is 0 Å². The summed E-state index contributed by atoms with van der Waals surface area (Å²) >= 11 is 4.80. The Morgan fingerprint density at radius 2 is 1.92 bits per heavy atom. The summed E-state index contributed by atoms with van der Waals surface area (Å²) in [6.07, 6.45) is -0.210. The normalized spacial score (nSPS) is 12.2. The van der Waals surface area contributed by atoms with E-state index in [4.69, 9.17) is 22.7 Å². The number of ether oxygens (including phenoxy) is 1. The van der Waals surface area contributed by atoms with Crippen LogP contribution in [0.2, 0.25) is 0 Å². The second kappa shape index (κ2) is 4.23. The predicted octanol–water partition coefficient (Wildman–Crippen LogP) is 2.05. The van der Waals surface area contributed by atoms with E-state index >= 15 is 0 Å². The molecule has 1 rings (SSSR count). The van der Waals surface area contributed by atoms with Crippen LogP contribution in [0, 0.1) is 6.92 Å². The zero-order valence-electron chi connectivity index (χ0n) is 7.78. The van der Waals surface area contributed by atoms with Gasteiger partial charge in [0.2, 0.25) is 0 Å². The van der Waals surface area contributed by atoms with Crippen LogP contribution in [0.3, 0.4) is 0 Å². The van der Waals surface area contributed by atoms with Crippen molar-refractivity contribution in [3.8, 4) is 5.75 Å². The number of thiocarbonyl (C=S) groups is 1. The molecule has 0 spiro atoms. The molecular weight excluding hydrogens is 182 g/mol. The molecule has 13 heavy (non-hydrogen) atoms. The molecule has 1 unspecified atom stereocenters. The Morgan fingerprint density at radius 1 is 1.38 bits per heavy atom. The maximum atomic E-state index is 5.46. The van der Waals surface area contributed by atoms with Gasteiger partial charge in [-0.05, 0) is 26.0 Å². The van der Waals surface area contributed by atoms with E-state index in [9.17, 15) is 0 Å². The summed E-state index contributed by atoms with van der Waals surface area (Å²) < 4.78 is 5.46. The molecule has 2 N–H and O–H groups in total. The minimum absolute atomic E-state index is 0.210. The van der Waals surface area contributed by atoms with Crippen molar-refractivity contribution in [3.63, 3.8) is 0 Å². The van der Waals surface area contributed by atoms with Crippen LogP contribution >= 0.6 is 12.2 Å².